The first kappa shape index (κ1) is 16.6. The van der Waals surface area contributed by atoms with Gasteiger partial charge in [0.25, 0.3) is 5.91 Å². The minimum Gasteiger partial charge on any atom is -0.508 e. The molecule has 4 rings (SSSR count). The molecule has 8 nitrogen and oxygen atoms in total. The molecule has 0 saturated heterocycles. The Balaban J connectivity index is 1.56. The molecule has 0 fully saturated rings. The first-order valence-corrected chi connectivity index (χ1v) is 7.99. The Bertz CT molecular complexity index is 1030. The van der Waals surface area contributed by atoms with E-state index in [1.165, 1.54) is 12.1 Å². The molecule has 0 bridgehead atoms. The molecule has 0 radical (unpaired) electrons. The third kappa shape index (κ3) is 3.71. The zero-order chi connectivity index (χ0) is 18.8. The van der Waals surface area contributed by atoms with Crippen LogP contribution in [0.3, 0.4) is 0 Å². The lowest BCUT2D eigenvalue weighted by Gasteiger charge is -2.18. The van der Waals surface area contributed by atoms with Crippen LogP contribution in [0.4, 0.5) is 33.2 Å². The quantitative estimate of drug-likeness (QED) is 0.561. The second-order valence-corrected chi connectivity index (χ2v) is 5.74. The fourth-order valence-corrected chi connectivity index (χ4v) is 2.52. The van der Waals surface area contributed by atoms with E-state index in [1.54, 1.807) is 30.3 Å². The van der Waals surface area contributed by atoms with Crippen molar-refractivity contribution >= 4 is 34.7 Å². The molecule has 1 aromatic heterocycles. The van der Waals surface area contributed by atoms with Crippen molar-refractivity contribution < 1.29 is 19.0 Å². The van der Waals surface area contributed by atoms with Crippen molar-refractivity contribution in [3.8, 4) is 11.5 Å². The molecule has 27 heavy (non-hydrogen) atoms. The third-order valence-electron chi connectivity index (χ3n) is 3.72. The van der Waals surface area contributed by atoms with Crippen molar-refractivity contribution in [3.63, 3.8) is 0 Å². The van der Waals surface area contributed by atoms with Gasteiger partial charge in [-0.15, -0.1) is 0 Å². The van der Waals surface area contributed by atoms with Gasteiger partial charge in [-0.2, -0.15) is 4.98 Å². The number of nitrogens with one attached hydrogen (secondary N) is 3. The molecule has 1 amide bonds. The number of hydrogen-bond donors (Lipinski definition) is 4. The highest BCUT2D eigenvalue weighted by molar-refractivity contribution is 5.95. The number of phenolic OH excluding ortho intramolecular Hbond substituents is 1. The summed E-state index contributed by atoms with van der Waals surface area (Å²) in [7, 11) is 0. The van der Waals surface area contributed by atoms with Gasteiger partial charge in [0.1, 0.15) is 11.5 Å². The zero-order valence-electron chi connectivity index (χ0n) is 13.9. The summed E-state index contributed by atoms with van der Waals surface area (Å²) in [5, 5.41) is 17.9. The van der Waals surface area contributed by atoms with Gasteiger partial charge in [-0.25, -0.2) is 9.37 Å². The van der Waals surface area contributed by atoms with Gasteiger partial charge in [0, 0.05) is 23.5 Å². The second-order valence-electron chi connectivity index (χ2n) is 5.74. The van der Waals surface area contributed by atoms with Gasteiger partial charge in [-0.3, -0.25) is 4.79 Å². The number of benzene rings is 2. The average Bonchev–Trinajstić information content (AvgIpc) is 2.65. The van der Waals surface area contributed by atoms with Crippen molar-refractivity contribution in [1.29, 1.82) is 0 Å². The Labute approximate surface area is 153 Å². The molecule has 3 aromatic rings. The minimum atomic E-state index is -0.636. The Morgan fingerprint density at radius 1 is 1.15 bits per heavy atom. The molecule has 2 aromatic carbocycles. The van der Waals surface area contributed by atoms with E-state index in [0.717, 1.165) is 6.20 Å². The Morgan fingerprint density at radius 2 is 2.00 bits per heavy atom. The molecule has 0 saturated carbocycles. The first-order valence-electron chi connectivity index (χ1n) is 7.99. The van der Waals surface area contributed by atoms with Crippen LogP contribution in [0.15, 0.2) is 48.7 Å². The van der Waals surface area contributed by atoms with Gasteiger partial charge in [-0.1, -0.05) is 6.07 Å². The number of rotatable bonds is 4. The molecule has 0 unspecified atom stereocenters. The Kier molecular flexibility index (Phi) is 4.17. The van der Waals surface area contributed by atoms with E-state index in [4.69, 9.17) is 4.74 Å². The SMILES string of the molecule is O=C1COc2cc(Nc3nc(Nc4cccc(O)c4)ncc3F)ccc2N1. The van der Waals surface area contributed by atoms with Gasteiger partial charge in [0.15, 0.2) is 18.2 Å². The number of aromatic nitrogens is 2. The molecule has 0 aliphatic carbocycles. The molecular weight excluding hydrogens is 353 g/mol. The average molecular weight is 367 g/mol. The van der Waals surface area contributed by atoms with E-state index >= 15 is 0 Å². The van der Waals surface area contributed by atoms with Crippen LogP contribution < -0.4 is 20.7 Å². The monoisotopic (exact) mass is 367 g/mol. The summed E-state index contributed by atoms with van der Waals surface area (Å²) in [6.45, 7) is -0.0731. The summed E-state index contributed by atoms with van der Waals surface area (Å²) in [4.78, 5) is 19.3. The summed E-state index contributed by atoms with van der Waals surface area (Å²) < 4.78 is 19.4. The van der Waals surface area contributed by atoms with E-state index in [0.29, 0.717) is 22.8 Å². The standard InChI is InChI=1S/C18H14FN5O3/c19-13-8-20-18(22-10-2-1-3-12(25)6-10)24-17(13)21-11-4-5-14-15(7-11)27-9-16(26)23-14/h1-8,25H,9H2,(H,23,26)(H2,20,21,22,24). The second kappa shape index (κ2) is 6.79. The van der Waals surface area contributed by atoms with E-state index in [-0.39, 0.29) is 30.0 Å². The van der Waals surface area contributed by atoms with Crippen LogP contribution in [0.1, 0.15) is 0 Å². The number of amides is 1. The molecule has 2 heterocycles. The molecule has 0 atom stereocenters. The third-order valence-corrected chi connectivity index (χ3v) is 3.72. The van der Waals surface area contributed by atoms with Crippen molar-refractivity contribution in [3.05, 3.63) is 54.5 Å². The normalized spacial score (nSPS) is 12.6. The number of halogens is 1. The number of nitrogens with zero attached hydrogens (tertiary/aromatic N) is 2. The Hall–Kier alpha value is -3.88. The van der Waals surface area contributed by atoms with Crippen LogP contribution in [0, 0.1) is 5.82 Å². The molecule has 136 valence electrons. The summed E-state index contributed by atoms with van der Waals surface area (Å²) in [6, 6.07) is 11.4. The van der Waals surface area contributed by atoms with Gasteiger partial charge in [0.05, 0.1) is 11.9 Å². The van der Waals surface area contributed by atoms with Crippen molar-refractivity contribution in [2.75, 3.05) is 22.6 Å². The summed E-state index contributed by atoms with van der Waals surface area (Å²) in [5.41, 5.74) is 1.64. The van der Waals surface area contributed by atoms with Crippen LogP contribution in [0.25, 0.3) is 0 Å². The maximum atomic E-state index is 14.1. The topological polar surface area (TPSA) is 108 Å². The number of phenols is 1. The fourth-order valence-electron chi connectivity index (χ4n) is 2.52. The number of hydrogen-bond acceptors (Lipinski definition) is 7. The molecule has 1 aliphatic rings. The van der Waals surface area contributed by atoms with Gasteiger partial charge in [0.2, 0.25) is 5.95 Å². The Morgan fingerprint density at radius 3 is 2.85 bits per heavy atom. The van der Waals surface area contributed by atoms with E-state index < -0.39 is 5.82 Å². The lowest BCUT2D eigenvalue weighted by Crippen LogP contribution is -2.25. The fraction of sp³-hybridized carbons (Fsp3) is 0.0556. The maximum absolute atomic E-state index is 14.1. The van der Waals surface area contributed by atoms with Gasteiger partial charge >= 0.3 is 0 Å². The number of anilines is 5. The smallest absolute Gasteiger partial charge is 0.262 e. The number of carbonyl (C=O) groups excluding carboxylic acids is 1. The molecule has 4 N–H and O–H groups in total. The van der Waals surface area contributed by atoms with Crippen LogP contribution in [0.5, 0.6) is 11.5 Å². The predicted octanol–water partition coefficient (Wildman–Crippen LogP) is 3.14. The van der Waals surface area contributed by atoms with E-state index in [9.17, 15) is 14.3 Å². The highest BCUT2D eigenvalue weighted by Crippen LogP contribution is 2.32. The van der Waals surface area contributed by atoms with Crippen LogP contribution in [-0.4, -0.2) is 27.6 Å². The lowest BCUT2D eigenvalue weighted by atomic mass is 10.2. The largest absolute Gasteiger partial charge is 0.508 e. The number of ether oxygens (including phenoxy) is 1. The summed E-state index contributed by atoms with van der Waals surface area (Å²) in [6.07, 6.45) is 1.04. The van der Waals surface area contributed by atoms with Crippen LogP contribution in [0.2, 0.25) is 0 Å². The number of aromatic hydroxyl groups is 1. The van der Waals surface area contributed by atoms with Crippen molar-refractivity contribution in [2.45, 2.75) is 0 Å². The maximum Gasteiger partial charge on any atom is 0.262 e. The predicted molar refractivity (Wildman–Crippen MR) is 97.2 cm³/mol. The molecule has 9 heteroatoms. The first-order chi connectivity index (χ1) is 13.1. The molecule has 1 aliphatic heterocycles. The van der Waals surface area contributed by atoms with E-state index in [1.807, 2.05) is 0 Å². The van der Waals surface area contributed by atoms with Crippen molar-refractivity contribution in [2.24, 2.45) is 0 Å². The molecule has 0 spiro atoms. The summed E-state index contributed by atoms with van der Waals surface area (Å²) in [5.74, 6) is -0.177. The molecular formula is C18H14FN5O3. The van der Waals surface area contributed by atoms with E-state index in [2.05, 4.69) is 25.9 Å². The van der Waals surface area contributed by atoms with Crippen LogP contribution >= 0.6 is 0 Å². The lowest BCUT2D eigenvalue weighted by molar-refractivity contribution is -0.118. The van der Waals surface area contributed by atoms with Crippen LogP contribution in [-0.2, 0) is 4.79 Å². The zero-order valence-corrected chi connectivity index (χ0v) is 13.9. The highest BCUT2D eigenvalue weighted by atomic mass is 19.1. The number of fused-ring (bicyclic) bond motifs is 1. The minimum absolute atomic E-state index is 0.0348. The van der Waals surface area contributed by atoms with Crippen molar-refractivity contribution in [1.82, 2.24) is 9.97 Å². The summed E-state index contributed by atoms with van der Waals surface area (Å²) >= 11 is 0. The van der Waals surface area contributed by atoms with Gasteiger partial charge in [-0.05, 0) is 24.3 Å². The van der Waals surface area contributed by atoms with Gasteiger partial charge < -0.3 is 25.8 Å². The highest BCUT2D eigenvalue weighted by Gasteiger charge is 2.16. The number of carbonyl (C=O) groups is 1.